The van der Waals surface area contributed by atoms with E-state index in [-0.39, 0.29) is 29.3 Å². The Balaban J connectivity index is 1.96. The molecule has 0 fully saturated rings. The molecule has 0 aromatic carbocycles. The van der Waals surface area contributed by atoms with E-state index >= 15 is 0 Å². The minimum atomic E-state index is -4.57. The maximum Gasteiger partial charge on any atom is 0.433 e. The lowest BCUT2D eigenvalue weighted by Gasteiger charge is -2.10. The molecule has 3 heterocycles. The van der Waals surface area contributed by atoms with Gasteiger partial charge in [-0.25, -0.2) is 4.98 Å². The van der Waals surface area contributed by atoms with Gasteiger partial charge in [-0.3, -0.25) is 4.98 Å². The van der Waals surface area contributed by atoms with Crippen LogP contribution in [0.3, 0.4) is 0 Å². The molecule has 3 rings (SSSR count). The van der Waals surface area contributed by atoms with E-state index in [1.165, 1.54) is 19.4 Å². The number of aromatic nitrogens is 5. The quantitative estimate of drug-likeness (QED) is 0.728. The van der Waals surface area contributed by atoms with Gasteiger partial charge >= 0.3 is 6.18 Å². The highest BCUT2D eigenvalue weighted by Gasteiger charge is 2.32. The van der Waals surface area contributed by atoms with Crippen molar-refractivity contribution in [3.63, 3.8) is 0 Å². The number of anilines is 3. The summed E-state index contributed by atoms with van der Waals surface area (Å²) >= 11 is 0. The van der Waals surface area contributed by atoms with Crippen LogP contribution in [0.5, 0.6) is 5.88 Å². The number of ether oxygens (including phenoxy) is 1. The number of hydrogen-bond acceptors (Lipinski definition) is 8. The van der Waals surface area contributed by atoms with Crippen LogP contribution in [0.1, 0.15) is 5.69 Å². The van der Waals surface area contributed by atoms with E-state index in [1.807, 2.05) is 0 Å². The molecule has 8 nitrogen and oxygen atoms in total. The molecule has 3 aromatic heterocycles. The predicted molar refractivity (Wildman–Crippen MR) is 86.5 cm³/mol. The Labute approximate surface area is 145 Å². The summed E-state index contributed by atoms with van der Waals surface area (Å²) in [7, 11) is 1.44. The van der Waals surface area contributed by atoms with Crippen molar-refractivity contribution in [3.05, 3.63) is 42.4 Å². The van der Waals surface area contributed by atoms with Crippen LogP contribution >= 0.6 is 0 Å². The summed E-state index contributed by atoms with van der Waals surface area (Å²) in [5.41, 5.74) is 5.20. The van der Waals surface area contributed by atoms with E-state index in [0.29, 0.717) is 5.56 Å². The number of nitrogens with one attached hydrogen (secondary N) is 1. The van der Waals surface area contributed by atoms with E-state index in [1.54, 1.807) is 12.1 Å². The van der Waals surface area contributed by atoms with Gasteiger partial charge in [0.05, 0.1) is 12.7 Å². The molecule has 0 unspecified atom stereocenters. The zero-order valence-corrected chi connectivity index (χ0v) is 13.3. The molecule has 0 saturated heterocycles. The number of halogens is 3. The molecule has 0 atom stereocenters. The van der Waals surface area contributed by atoms with Gasteiger partial charge < -0.3 is 15.8 Å². The van der Waals surface area contributed by atoms with Crippen molar-refractivity contribution in [2.24, 2.45) is 0 Å². The summed E-state index contributed by atoms with van der Waals surface area (Å²) in [5.74, 6) is 0.286. The van der Waals surface area contributed by atoms with Crippen LogP contribution in [-0.2, 0) is 6.18 Å². The molecule has 3 aromatic rings. The Hall–Kier alpha value is -3.50. The van der Waals surface area contributed by atoms with Crippen molar-refractivity contribution in [1.82, 2.24) is 24.9 Å². The molecule has 0 amide bonds. The first-order valence-electron chi connectivity index (χ1n) is 7.18. The smallest absolute Gasteiger partial charge is 0.433 e. The first kappa shape index (κ1) is 17.3. The molecular formula is C15H12F3N7O. The van der Waals surface area contributed by atoms with Gasteiger partial charge in [0, 0.05) is 18.1 Å². The number of rotatable bonds is 4. The van der Waals surface area contributed by atoms with Gasteiger partial charge in [0.1, 0.15) is 5.69 Å². The summed E-state index contributed by atoms with van der Waals surface area (Å²) in [6.45, 7) is 0. The molecule has 0 spiro atoms. The zero-order valence-electron chi connectivity index (χ0n) is 13.3. The largest absolute Gasteiger partial charge is 0.480 e. The highest BCUT2D eigenvalue weighted by molar-refractivity contribution is 5.64. The molecule has 26 heavy (non-hydrogen) atoms. The summed E-state index contributed by atoms with van der Waals surface area (Å²) in [5, 5.41) is 2.66. The summed E-state index contributed by atoms with van der Waals surface area (Å²) in [6.07, 6.45) is -2.01. The number of nitrogen functional groups attached to an aromatic ring is 1. The average molecular weight is 363 g/mol. The van der Waals surface area contributed by atoms with Crippen molar-refractivity contribution in [2.45, 2.75) is 6.18 Å². The Kier molecular flexibility index (Phi) is 4.52. The molecule has 134 valence electrons. The van der Waals surface area contributed by atoms with Crippen molar-refractivity contribution < 1.29 is 17.9 Å². The van der Waals surface area contributed by atoms with E-state index in [4.69, 9.17) is 10.5 Å². The normalized spacial score (nSPS) is 11.2. The molecule has 11 heteroatoms. The second-order valence-corrected chi connectivity index (χ2v) is 4.95. The maximum absolute atomic E-state index is 12.8. The Morgan fingerprint density at radius 2 is 1.88 bits per heavy atom. The fourth-order valence-electron chi connectivity index (χ4n) is 2.08. The van der Waals surface area contributed by atoms with Gasteiger partial charge in [-0.05, 0) is 24.3 Å². The second kappa shape index (κ2) is 6.78. The third kappa shape index (κ3) is 3.77. The topological polar surface area (TPSA) is 112 Å². The minimum Gasteiger partial charge on any atom is -0.480 e. The number of nitrogens with zero attached hydrogens (tertiary/aromatic N) is 5. The Morgan fingerprint density at radius 3 is 2.62 bits per heavy atom. The lowest BCUT2D eigenvalue weighted by atomic mass is 10.2. The third-order valence-corrected chi connectivity index (χ3v) is 3.16. The van der Waals surface area contributed by atoms with Crippen LogP contribution in [0, 0.1) is 0 Å². The lowest BCUT2D eigenvalue weighted by molar-refractivity contribution is -0.141. The van der Waals surface area contributed by atoms with Crippen LogP contribution in [0.25, 0.3) is 11.4 Å². The number of methoxy groups -OCH3 is 1. The fraction of sp³-hybridized carbons (Fsp3) is 0.133. The highest BCUT2D eigenvalue weighted by atomic mass is 19.4. The number of pyridine rings is 2. The minimum absolute atomic E-state index is 0.0299. The third-order valence-electron chi connectivity index (χ3n) is 3.16. The monoisotopic (exact) mass is 363 g/mol. The molecule has 0 aliphatic carbocycles. The number of alkyl halides is 3. The van der Waals surface area contributed by atoms with Gasteiger partial charge in [-0.2, -0.15) is 28.1 Å². The fourth-order valence-corrected chi connectivity index (χ4v) is 2.08. The van der Waals surface area contributed by atoms with Gasteiger partial charge in [0.2, 0.25) is 17.8 Å². The second-order valence-electron chi connectivity index (χ2n) is 4.95. The molecule has 0 aliphatic heterocycles. The zero-order chi connectivity index (χ0) is 18.7. The van der Waals surface area contributed by atoms with E-state index in [0.717, 1.165) is 12.3 Å². The molecule has 0 radical (unpaired) electrons. The van der Waals surface area contributed by atoms with Crippen LogP contribution in [0.4, 0.5) is 30.8 Å². The first-order chi connectivity index (χ1) is 12.4. The van der Waals surface area contributed by atoms with E-state index < -0.39 is 11.9 Å². The van der Waals surface area contributed by atoms with E-state index in [9.17, 15) is 13.2 Å². The van der Waals surface area contributed by atoms with Crippen molar-refractivity contribution in [2.75, 3.05) is 18.2 Å². The molecule has 0 saturated carbocycles. The summed E-state index contributed by atoms with van der Waals surface area (Å²) in [6, 6.07) is 5.51. The molecule has 3 N–H and O–H groups in total. The van der Waals surface area contributed by atoms with Gasteiger partial charge in [-0.15, -0.1) is 0 Å². The first-order valence-corrected chi connectivity index (χ1v) is 7.18. The van der Waals surface area contributed by atoms with Gasteiger partial charge in [-0.1, -0.05) is 0 Å². The number of hydrogen-bond donors (Lipinski definition) is 2. The Bertz CT molecular complexity index is 933. The average Bonchev–Trinajstić information content (AvgIpc) is 2.60. The molecular weight excluding hydrogens is 351 g/mol. The van der Waals surface area contributed by atoms with Crippen molar-refractivity contribution >= 4 is 17.6 Å². The summed E-state index contributed by atoms with van der Waals surface area (Å²) < 4.78 is 43.4. The number of nitrogens with two attached hydrogens (primary N) is 1. The van der Waals surface area contributed by atoms with Gasteiger partial charge in [0.25, 0.3) is 0 Å². The van der Waals surface area contributed by atoms with Crippen molar-refractivity contribution in [3.8, 4) is 17.3 Å². The molecule has 0 aliphatic rings. The van der Waals surface area contributed by atoms with Gasteiger partial charge in [0.15, 0.2) is 5.82 Å². The molecule has 0 bridgehead atoms. The Morgan fingerprint density at radius 1 is 1.08 bits per heavy atom. The SMILES string of the molecule is COc1ncccc1-c1nc(N)nc(Nc2ccnc(C(F)(F)F)c2)n1. The van der Waals surface area contributed by atoms with E-state index in [2.05, 4.69) is 30.2 Å². The lowest BCUT2D eigenvalue weighted by Crippen LogP contribution is -2.09. The van der Waals surface area contributed by atoms with Crippen molar-refractivity contribution in [1.29, 1.82) is 0 Å². The van der Waals surface area contributed by atoms with Crippen LogP contribution in [0.2, 0.25) is 0 Å². The predicted octanol–water partition coefficient (Wildman–Crippen LogP) is 2.68. The highest BCUT2D eigenvalue weighted by Crippen LogP contribution is 2.30. The standard InChI is InChI=1S/C15H12F3N7O/c1-26-12-9(3-2-5-21-12)11-23-13(19)25-14(24-11)22-8-4-6-20-10(7-8)15(16,17)18/h2-7H,1H3,(H3,19,20,22,23,24,25). The van der Waals surface area contributed by atoms with Crippen LogP contribution in [-0.4, -0.2) is 32.0 Å². The van der Waals surface area contributed by atoms with Crippen LogP contribution < -0.4 is 15.8 Å². The van der Waals surface area contributed by atoms with Crippen LogP contribution in [0.15, 0.2) is 36.7 Å². The maximum atomic E-state index is 12.8. The summed E-state index contributed by atoms with van der Waals surface area (Å²) in [4.78, 5) is 19.4.